The van der Waals surface area contributed by atoms with E-state index in [1.54, 1.807) is 61.6 Å². The summed E-state index contributed by atoms with van der Waals surface area (Å²) in [5.41, 5.74) is 2.07. The van der Waals surface area contributed by atoms with Crippen molar-refractivity contribution >= 4 is 15.9 Å². The fourth-order valence-corrected chi connectivity index (χ4v) is 6.60. The van der Waals surface area contributed by atoms with Gasteiger partial charge in [0.2, 0.25) is 16.8 Å². The average Bonchev–Trinajstić information content (AvgIpc) is 3.42. The van der Waals surface area contributed by atoms with Crippen molar-refractivity contribution in [1.82, 2.24) is 14.2 Å². The Kier molecular flexibility index (Phi) is 7.48. The molecule has 2 aromatic carbocycles. The van der Waals surface area contributed by atoms with Crippen molar-refractivity contribution < 1.29 is 32.5 Å². The van der Waals surface area contributed by atoms with Gasteiger partial charge in [-0.3, -0.25) is 9.78 Å². The van der Waals surface area contributed by atoms with Crippen molar-refractivity contribution in [2.24, 2.45) is 5.92 Å². The number of benzene rings is 2. The summed E-state index contributed by atoms with van der Waals surface area (Å²) in [5.74, 6) is 0.761. The number of likely N-dealkylation sites (N-methyl/N-ethyl adjacent to an activating group) is 1. The molecule has 1 amide bonds. The Hall–Kier alpha value is -3.67. The van der Waals surface area contributed by atoms with Crippen LogP contribution in [0.15, 0.2) is 65.8 Å². The molecule has 0 saturated carbocycles. The van der Waals surface area contributed by atoms with E-state index in [0.717, 1.165) is 11.1 Å². The summed E-state index contributed by atoms with van der Waals surface area (Å²) in [4.78, 5) is 18.9. The van der Waals surface area contributed by atoms with Crippen LogP contribution in [0.1, 0.15) is 24.2 Å². The van der Waals surface area contributed by atoms with Crippen molar-refractivity contribution in [3.05, 3.63) is 66.5 Å². The molecule has 1 aromatic heterocycles. The topological polar surface area (TPSA) is 118 Å². The summed E-state index contributed by atoms with van der Waals surface area (Å²) in [6.07, 6.45) is 2.79. The zero-order valence-electron chi connectivity index (χ0n) is 22.0. The molecule has 0 radical (unpaired) electrons. The second-order valence-electron chi connectivity index (χ2n) is 9.89. The molecule has 0 unspecified atom stereocenters. The Balaban J connectivity index is 1.49. The number of amides is 1. The van der Waals surface area contributed by atoms with Crippen LogP contribution in [0.4, 0.5) is 0 Å². The molecule has 3 atom stereocenters. The number of ether oxygens (including phenoxy) is 3. The number of fused-ring (bicyclic) bond motifs is 2. The van der Waals surface area contributed by atoms with Crippen molar-refractivity contribution in [3.63, 3.8) is 0 Å². The fraction of sp³-hybridized carbons (Fsp3) is 0.357. The molecule has 0 bridgehead atoms. The number of hydrogen-bond donors (Lipinski definition) is 1. The van der Waals surface area contributed by atoms with Crippen molar-refractivity contribution in [3.8, 4) is 28.4 Å². The minimum atomic E-state index is -3.97. The lowest BCUT2D eigenvalue weighted by Crippen LogP contribution is -2.50. The molecule has 5 rings (SSSR count). The molecular weight excluding hydrogens is 522 g/mol. The van der Waals surface area contributed by atoms with Crippen LogP contribution >= 0.6 is 0 Å². The highest BCUT2D eigenvalue weighted by Gasteiger charge is 2.38. The number of aliphatic hydroxyl groups is 1. The number of rotatable bonds is 6. The minimum absolute atomic E-state index is 0.0160. The quantitative estimate of drug-likeness (QED) is 0.495. The predicted molar refractivity (Wildman–Crippen MR) is 143 cm³/mol. The maximum Gasteiger partial charge on any atom is 0.253 e. The average molecular weight is 554 g/mol. The van der Waals surface area contributed by atoms with Crippen molar-refractivity contribution in [2.45, 2.75) is 30.9 Å². The van der Waals surface area contributed by atoms with Crippen LogP contribution in [0.2, 0.25) is 0 Å². The van der Waals surface area contributed by atoms with Gasteiger partial charge in [0.15, 0.2) is 11.5 Å². The number of sulfonamides is 1. The van der Waals surface area contributed by atoms with Gasteiger partial charge in [0.05, 0.1) is 13.2 Å². The zero-order chi connectivity index (χ0) is 27.7. The minimum Gasteiger partial charge on any atom is -0.487 e. The highest BCUT2D eigenvalue weighted by Crippen LogP contribution is 2.37. The first-order valence-corrected chi connectivity index (χ1v) is 14.1. The summed E-state index contributed by atoms with van der Waals surface area (Å²) in [6.45, 7) is 3.66. The van der Waals surface area contributed by atoms with E-state index < -0.39 is 22.2 Å². The van der Waals surface area contributed by atoms with Crippen LogP contribution in [-0.4, -0.2) is 79.3 Å². The zero-order valence-corrected chi connectivity index (χ0v) is 22.8. The third-order valence-electron chi connectivity index (χ3n) is 7.10. The molecular formula is C28H31N3O7S. The Morgan fingerprint density at radius 3 is 2.56 bits per heavy atom. The van der Waals surface area contributed by atoms with E-state index >= 15 is 0 Å². The number of aliphatic hydroxyl groups excluding tert-OH is 1. The van der Waals surface area contributed by atoms with Crippen LogP contribution in [0.3, 0.4) is 0 Å². The van der Waals surface area contributed by atoms with E-state index in [4.69, 9.17) is 14.2 Å². The molecule has 10 nitrogen and oxygen atoms in total. The number of nitrogens with zero attached hydrogens (tertiary/aromatic N) is 3. The van der Waals surface area contributed by atoms with E-state index in [0.29, 0.717) is 17.1 Å². The predicted octanol–water partition coefficient (Wildman–Crippen LogP) is 3.02. The number of pyridine rings is 1. The second-order valence-corrected chi connectivity index (χ2v) is 11.8. The second kappa shape index (κ2) is 10.8. The summed E-state index contributed by atoms with van der Waals surface area (Å²) < 4.78 is 45.9. The van der Waals surface area contributed by atoms with Gasteiger partial charge in [-0.15, -0.1) is 0 Å². The summed E-state index contributed by atoms with van der Waals surface area (Å²) in [6, 6.07) is 13.0. The maximum atomic E-state index is 13.7. The van der Waals surface area contributed by atoms with Gasteiger partial charge in [-0.05, 0) is 60.5 Å². The van der Waals surface area contributed by atoms with Crippen molar-refractivity contribution in [1.29, 1.82) is 0 Å². The Morgan fingerprint density at radius 2 is 1.82 bits per heavy atom. The summed E-state index contributed by atoms with van der Waals surface area (Å²) in [7, 11) is -2.29. The Bertz CT molecular complexity index is 1470. The van der Waals surface area contributed by atoms with Gasteiger partial charge < -0.3 is 24.2 Å². The van der Waals surface area contributed by atoms with Gasteiger partial charge >= 0.3 is 0 Å². The third-order valence-corrected chi connectivity index (χ3v) is 9.12. The van der Waals surface area contributed by atoms with Gasteiger partial charge in [0.25, 0.3) is 5.91 Å². The Morgan fingerprint density at radius 1 is 1.08 bits per heavy atom. The first kappa shape index (κ1) is 26.9. The number of carbonyl (C=O) groups excluding carboxylic acids is 1. The molecule has 0 fully saturated rings. The van der Waals surface area contributed by atoms with E-state index in [1.807, 2.05) is 19.1 Å². The Labute approximate surface area is 227 Å². The maximum absolute atomic E-state index is 13.7. The monoisotopic (exact) mass is 553 g/mol. The van der Waals surface area contributed by atoms with Crippen LogP contribution in [0, 0.1) is 5.92 Å². The molecule has 0 aliphatic carbocycles. The normalized spacial score (nSPS) is 20.7. The lowest BCUT2D eigenvalue weighted by Gasteiger charge is -2.37. The van der Waals surface area contributed by atoms with Crippen LogP contribution in [-0.2, 0) is 10.0 Å². The van der Waals surface area contributed by atoms with Crippen LogP contribution in [0.5, 0.6) is 17.2 Å². The highest BCUT2D eigenvalue weighted by atomic mass is 32.2. The molecule has 0 spiro atoms. The molecule has 39 heavy (non-hydrogen) atoms. The number of hydrogen-bond acceptors (Lipinski definition) is 8. The molecule has 11 heteroatoms. The molecule has 2 aliphatic heterocycles. The first-order chi connectivity index (χ1) is 18.7. The summed E-state index contributed by atoms with van der Waals surface area (Å²) in [5, 5.41) is 9.87. The summed E-state index contributed by atoms with van der Waals surface area (Å²) >= 11 is 0. The fourth-order valence-electron chi connectivity index (χ4n) is 4.77. The number of aromatic nitrogens is 1. The molecule has 2 aliphatic rings. The third kappa shape index (κ3) is 5.29. The van der Waals surface area contributed by atoms with E-state index in [1.165, 1.54) is 10.4 Å². The molecule has 0 saturated heterocycles. The number of carbonyl (C=O) groups is 1. The van der Waals surface area contributed by atoms with Gasteiger partial charge in [0, 0.05) is 43.5 Å². The SMILES string of the molecule is C[C@@H]1CN([C@@H](C)CO)S(=O)(=O)c2ccc(-c3ccncc3)cc2O[C@H]1CN(C)C(=O)c1ccc2c(c1)OCO2. The lowest BCUT2D eigenvalue weighted by atomic mass is 10.0. The molecule has 3 aromatic rings. The standard InChI is InChI=1S/C28H31N3O7S/c1-18-14-31(19(2)16-32)39(34,35)27-7-5-21(20-8-10-29-11-9-20)12-25(27)38-26(18)15-30(3)28(33)22-4-6-23-24(13-22)37-17-36-23/h4-13,18-19,26,32H,14-17H2,1-3H3/t18-,19+,26+/m1/s1. The van der Waals surface area contributed by atoms with E-state index in [-0.39, 0.29) is 49.0 Å². The largest absolute Gasteiger partial charge is 0.487 e. The van der Waals surface area contributed by atoms with Gasteiger partial charge in [0.1, 0.15) is 16.7 Å². The van der Waals surface area contributed by atoms with E-state index in [2.05, 4.69) is 4.98 Å². The van der Waals surface area contributed by atoms with Gasteiger partial charge in [-0.1, -0.05) is 13.0 Å². The molecule has 3 heterocycles. The van der Waals surface area contributed by atoms with Gasteiger partial charge in [-0.2, -0.15) is 4.31 Å². The lowest BCUT2D eigenvalue weighted by molar-refractivity contribution is 0.0563. The smallest absolute Gasteiger partial charge is 0.253 e. The van der Waals surface area contributed by atoms with Crippen LogP contribution in [0.25, 0.3) is 11.1 Å². The van der Waals surface area contributed by atoms with E-state index in [9.17, 15) is 18.3 Å². The van der Waals surface area contributed by atoms with Crippen molar-refractivity contribution in [2.75, 3.05) is 33.5 Å². The highest BCUT2D eigenvalue weighted by molar-refractivity contribution is 7.89. The molecule has 1 N–H and O–H groups in total. The van der Waals surface area contributed by atoms with Gasteiger partial charge in [-0.25, -0.2) is 8.42 Å². The molecule has 206 valence electrons. The van der Waals surface area contributed by atoms with Crippen LogP contribution < -0.4 is 14.2 Å². The first-order valence-electron chi connectivity index (χ1n) is 12.7.